The maximum atomic E-state index is 12.5. The largest absolute Gasteiger partial charge is 0.497 e. The average Bonchev–Trinajstić information content (AvgIpc) is 3.00. The van der Waals surface area contributed by atoms with Crippen LogP contribution in [-0.2, 0) is 6.42 Å². The maximum absolute atomic E-state index is 12.5. The van der Waals surface area contributed by atoms with Crippen molar-refractivity contribution in [2.45, 2.75) is 20.3 Å². The van der Waals surface area contributed by atoms with Crippen LogP contribution in [0.3, 0.4) is 0 Å². The van der Waals surface area contributed by atoms with Crippen LogP contribution in [-0.4, -0.2) is 29.8 Å². The molecule has 0 atom stereocenters. The van der Waals surface area contributed by atoms with Crippen LogP contribution in [0.25, 0.3) is 11.1 Å². The molecule has 1 heterocycles. The summed E-state index contributed by atoms with van der Waals surface area (Å²) >= 11 is 0. The van der Waals surface area contributed by atoms with Crippen LogP contribution < -0.4 is 10.1 Å². The van der Waals surface area contributed by atoms with E-state index in [1.54, 1.807) is 7.11 Å². The maximum Gasteiger partial charge on any atom is 0.251 e. The number of nitrogens with one attached hydrogen (secondary N) is 2. The zero-order chi connectivity index (χ0) is 18.5. The van der Waals surface area contributed by atoms with E-state index >= 15 is 0 Å². The molecule has 0 bridgehead atoms. The summed E-state index contributed by atoms with van der Waals surface area (Å²) in [4.78, 5) is 12.5. The van der Waals surface area contributed by atoms with E-state index in [0.717, 1.165) is 40.2 Å². The monoisotopic (exact) mass is 349 g/mol. The number of benzene rings is 2. The van der Waals surface area contributed by atoms with Gasteiger partial charge in [0.1, 0.15) is 5.75 Å². The third-order valence-corrected chi connectivity index (χ3v) is 4.47. The number of hydrogen-bond donors (Lipinski definition) is 2. The summed E-state index contributed by atoms with van der Waals surface area (Å²) < 4.78 is 5.27. The highest BCUT2D eigenvalue weighted by Gasteiger charge is 2.10. The number of ether oxygens (including phenoxy) is 1. The van der Waals surface area contributed by atoms with Crippen LogP contribution in [0.4, 0.5) is 0 Å². The minimum atomic E-state index is -0.0754. The molecule has 0 aliphatic rings. The zero-order valence-corrected chi connectivity index (χ0v) is 15.3. The molecule has 1 aromatic heterocycles. The van der Waals surface area contributed by atoms with Crippen molar-refractivity contribution in [1.82, 2.24) is 15.5 Å². The van der Waals surface area contributed by atoms with Gasteiger partial charge in [-0.15, -0.1) is 0 Å². The molecule has 0 aliphatic carbocycles. The normalized spacial score (nSPS) is 10.6. The predicted octanol–water partition coefficient (Wildman–Crippen LogP) is 3.67. The molecule has 0 aliphatic heterocycles. The quantitative estimate of drug-likeness (QED) is 0.713. The van der Waals surface area contributed by atoms with Crippen molar-refractivity contribution < 1.29 is 9.53 Å². The molecule has 0 fully saturated rings. The Morgan fingerprint density at radius 3 is 2.54 bits per heavy atom. The van der Waals surface area contributed by atoms with Crippen molar-refractivity contribution in [3.05, 3.63) is 71.0 Å². The molecule has 0 saturated heterocycles. The van der Waals surface area contributed by atoms with Gasteiger partial charge in [-0.05, 0) is 61.2 Å². The lowest BCUT2D eigenvalue weighted by molar-refractivity contribution is 0.0954. The van der Waals surface area contributed by atoms with Gasteiger partial charge in [0.15, 0.2) is 0 Å². The predicted molar refractivity (Wildman–Crippen MR) is 103 cm³/mol. The summed E-state index contributed by atoms with van der Waals surface area (Å²) in [5.74, 6) is 0.719. The highest BCUT2D eigenvalue weighted by molar-refractivity contribution is 5.95. The molecular weight excluding hydrogens is 326 g/mol. The van der Waals surface area contributed by atoms with Crippen LogP contribution in [0.2, 0.25) is 0 Å². The van der Waals surface area contributed by atoms with Gasteiger partial charge in [0.25, 0.3) is 5.91 Å². The number of aromatic amines is 1. The third kappa shape index (κ3) is 3.94. The Labute approximate surface area is 153 Å². The van der Waals surface area contributed by atoms with E-state index in [9.17, 15) is 4.79 Å². The number of carbonyl (C=O) groups excluding carboxylic acids is 1. The Hall–Kier alpha value is -3.08. The first-order chi connectivity index (χ1) is 12.6. The third-order valence-electron chi connectivity index (χ3n) is 4.47. The number of nitrogens with zero attached hydrogens (tertiary/aromatic N) is 1. The number of aromatic nitrogens is 2. The van der Waals surface area contributed by atoms with E-state index in [4.69, 9.17) is 4.74 Å². The van der Waals surface area contributed by atoms with Crippen molar-refractivity contribution in [3.63, 3.8) is 0 Å². The molecule has 3 rings (SSSR count). The van der Waals surface area contributed by atoms with E-state index in [1.807, 2.05) is 62.4 Å². The molecule has 1 amide bonds. The van der Waals surface area contributed by atoms with Gasteiger partial charge in [-0.25, -0.2) is 0 Å². The van der Waals surface area contributed by atoms with Gasteiger partial charge in [-0.1, -0.05) is 24.3 Å². The fourth-order valence-corrected chi connectivity index (χ4v) is 2.99. The molecule has 2 N–H and O–H groups in total. The highest BCUT2D eigenvalue weighted by Crippen LogP contribution is 2.24. The van der Waals surface area contributed by atoms with Crippen LogP contribution in [0.5, 0.6) is 5.75 Å². The molecule has 134 valence electrons. The summed E-state index contributed by atoms with van der Waals surface area (Å²) in [5, 5.41) is 10.1. The van der Waals surface area contributed by atoms with Gasteiger partial charge < -0.3 is 10.1 Å². The Morgan fingerprint density at radius 1 is 1.12 bits per heavy atom. The van der Waals surface area contributed by atoms with Crippen LogP contribution >= 0.6 is 0 Å². The minimum absolute atomic E-state index is 0.0754. The first-order valence-corrected chi connectivity index (χ1v) is 8.61. The first kappa shape index (κ1) is 17.7. The Morgan fingerprint density at radius 2 is 1.85 bits per heavy atom. The number of rotatable bonds is 6. The van der Waals surface area contributed by atoms with Gasteiger partial charge in [-0.2, -0.15) is 5.10 Å². The SMILES string of the molecule is COc1cccc(-c2cccc(C(=O)NCCc3c(C)n[nH]c3C)c2)c1. The fourth-order valence-electron chi connectivity index (χ4n) is 2.99. The van der Waals surface area contributed by atoms with Gasteiger partial charge in [0.2, 0.25) is 0 Å². The summed E-state index contributed by atoms with van der Waals surface area (Å²) in [7, 11) is 1.65. The zero-order valence-electron chi connectivity index (χ0n) is 15.3. The van der Waals surface area contributed by atoms with Crippen LogP contribution in [0, 0.1) is 13.8 Å². The molecule has 26 heavy (non-hydrogen) atoms. The van der Waals surface area contributed by atoms with E-state index in [0.29, 0.717) is 12.1 Å². The summed E-state index contributed by atoms with van der Waals surface area (Å²) in [6, 6.07) is 15.4. The van der Waals surface area contributed by atoms with Crippen molar-refractivity contribution in [1.29, 1.82) is 0 Å². The number of carbonyl (C=O) groups is 1. The molecule has 0 spiro atoms. The van der Waals surface area contributed by atoms with E-state index in [1.165, 1.54) is 0 Å². The van der Waals surface area contributed by atoms with Gasteiger partial charge in [0.05, 0.1) is 12.8 Å². The molecule has 5 heteroatoms. The highest BCUT2D eigenvalue weighted by atomic mass is 16.5. The Bertz CT molecular complexity index is 896. The van der Waals surface area contributed by atoms with Gasteiger partial charge >= 0.3 is 0 Å². The number of amides is 1. The Balaban J connectivity index is 1.68. The second-order valence-corrected chi connectivity index (χ2v) is 6.23. The lowest BCUT2D eigenvalue weighted by Crippen LogP contribution is -2.25. The lowest BCUT2D eigenvalue weighted by atomic mass is 10.0. The molecule has 0 unspecified atom stereocenters. The fraction of sp³-hybridized carbons (Fsp3) is 0.238. The molecule has 0 radical (unpaired) electrons. The molecule has 5 nitrogen and oxygen atoms in total. The van der Waals surface area contributed by atoms with Crippen LogP contribution in [0.15, 0.2) is 48.5 Å². The minimum Gasteiger partial charge on any atom is -0.497 e. The second kappa shape index (κ2) is 7.87. The topological polar surface area (TPSA) is 67.0 Å². The van der Waals surface area contributed by atoms with Crippen LogP contribution in [0.1, 0.15) is 27.3 Å². The van der Waals surface area contributed by atoms with Crippen molar-refractivity contribution in [3.8, 4) is 16.9 Å². The van der Waals surface area contributed by atoms with Crippen molar-refractivity contribution >= 4 is 5.91 Å². The molecular formula is C21H23N3O2. The molecule has 0 saturated carbocycles. The van der Waals surface area contributed by atoms with Crippen molar-refractivity contribution in [2.75, 3.05) is 13.7 Å². The Kier molecular flexibility index (Phi) is 5.37. The van der Waals surface area contributed by atoms with Gasteiger partial charge in [-0.3, -0.25) is 9.89 Å². The average molecular weight is 349 g/mol. The lowest BCUT2D eigenvalue weighted by Gasteiger charge is -2.08. The van der Waals surface area contributed by atoms with Gasteiger partial charge in [0, 0.05) is 17.8 Å². The molecule has 3 aromatic rings. The molecule has 2 aromatic carbocycles. The number of H-pyrrole nitrogens is 1. The van der Waals surface area contributed by atoms with E-state index < -0.39 is 0 Å². The number of hydrogen-bond acceptors (Lipinski definition) is 3. The second-order valence-electron chi connectivity index (χ2n) is 6.23. The van der Waals surface area contributed by atoms with E-state index in [-0.39, 0.29) is 5.91 Å². The summed E-state index contributed by atoms with van der Waals surface area (Å²) in [6.45, 7) is 4.54. The van der Waals surface area contributed by atoms with Crippen molar-refractivity contribution in [2.24, 2.45) is 0 Å². The standard InChI is InChI=1S/C21H23N3O2/c1-14-20(15(2)24-23-14)10-11-22-21(25)18-8-4-6-16(12-18)17-7-5-9-19(13-17)26-3/h4-9,12-13H,10-11H2,1-3H3,(H,22,25)(H,23,24). The summed E-state index contributed by atoms with van der Waals surface area (Å²) in [6.07, 6.45) is 0.759. The van der Waals surface area contributed by atoms with E-state index in [2.05, 4.69) is 15.5 Å². The first-order valence-electron chi connectivity index (χ1n) is 8.61. The smallest absolute Gasteiger partial charge is 0.251 e. The summed E-state index contributed by atoms with van der Waals surface area (Å²) in [5.41, 5.74) is 5.84. The number of aryl methyl sites for hydroxylation is 2. The number of methoxy groups -OCH3 is 1.